The summed E-state index contributed by atoms with van der Waals surface area (Å²) in [6, 6.07) is 2.46. The second kappa shape index (κ2) is 12.0. The molecule has 1 unspecified atom stereocenters. The number of unbranched alkanes of at least 4 members (excludes halogenated alkanes) is 3. The van der Waals surface area contributed by atoms with Gasteiger partial charge >= 0.3 is 0 Å². The Morgan fingerprint density at radius 2 is 1.79 bits per heavy atom. The van der Waals surface area contributed by atoms with E-state index in [1.165, 1.54) is 6.33 Å². The van der Waals surface area contributed by atoms with E-state index in [4.69, 9.17) is 18.9 Å². The van der Waals surface area contributed by atoms with Gasteiger partial charge < -0.3 is 18.9 Å². The molecule has 1 saturated heterocycles. The van der Waals surface area contributed by atoms with Crippen molar-refractivity contribution >= 4 is 5.65 Å². The summed E-state index contributed by atoms with van der Waals surface area (Å²) in [6.45, 7) is 12.1. The van der Waals surface area contributed by atoms with Crippen LogP contribution in [0.25, 0.3) is 5.65 Å². The first-order chi connectivity index (χ1) is 16.5. The summed E-state index contributed by atoms with van der Waals surface area (Å²) in [5, 5.41) is 15.1. The van der Waals surface area contributed by atoms with E-state index < -0.39 is 23.4 Å². The number of ether oxygens (including phenoxy) is 4. The van der Waals surface area contributed by atoms with Crippen molar-refractivity contribution in [2.24, 2.45) is 0 Å². The molecule has 4 atom stereocenters. The maximum absolute atomic E-state index is 10.7. The van der Waals surface area contributed by atoms with E-state index in [0.29, 0.717) is 37.8 Å². The Balaban J connectivity index is 2.08. The van der Waals surface area contributed by atoms with Crippen molar-refractivity contribution in [2.75, 3.05) is 26.4 Å². The molecular weight excluding hydrogens is 434 g/mol. The summed E-state index contributed by atoms with van der Waals surface area (Å²) in [5.41, 5.74) is -0.780. The topological polar surface area (TPSA) is 104 Å². The Labute approximate surface area is 202 Å². The highest BCUT2D eigenvalue weighted by Gasteiger charge is 2.68. The zero-order chi connectivity index (χ0) is 24.6. The molecular formula is C25H39N5O4. The van der Waals surface area contributed by atoms with Gasteiger partial charge in [-0.3, -0.25) is 0 Å². The monoisotopic (exact) mass is 473 g/mol. The minimum atomic E-state index is -1.49. The van der Waals surface area contributed by atoms with E-state index in [9.17, 15) is 5.26 Å². The number of hydrogen-bond acceptors (Lipinski definition) is 8. The number of nitriles is 1. The van der Waals surface area contributed by atoms with E-state index in [1.807, 2.05) is 13.8 Å². The van der Waals surface area contributed by atoms with Crippen LogP contribution >= 0.6 is 0 Å². The molecule has 1 fully saturated rings. The van der Waals surface area contributed by atoms with Crippen molar-refractivity contribution in [3.8, 4) is 6.07 Å². The lowest BCUT2D eigenvalue weighted by Crippen LogP contribution is -2.55. The number of imidazole rings is 1. The first-order valence-corrected chi connectivity index (χ1v) is 12.6. The predicted octanol–water partition coefficient (Wildman–Crippen LogP) is 4.13. The van der Waals surface area contributed by atoms with Crippen molar-refractivity contribution in [3.05, 3.63) is 23.9 Å². The van der Waals surface area contributed by atoms with Crippen LogP contribution in [0.2, 0.25) is 0 Å². The lowest BCUT2D eigenvalue weighted by molar-refractivity contribution is -0.160. The maximum atomic E-state index is 10.7. The Bertz CT molecular complexity index is 960. The van der Waals surface area contributed by atoms with E-state index in [-0.39, 0.29) is 0 Å². The van der Waals surface area contributed by atoms with Gasteiger partial charge in [0, 0.05) is 19.8 Å². The summed E-state index contributed by atoms with van der Waals surface area (Å²) in [7, 11) is 0. The molecule has 9 nitrogen and oxygen atoms in total. The quantitative estimate of drug-likeness (QED) is 0.377. The standard InChI is InChI=1S/C25H39N5O4/c1-6-9-12-31-16-20-22(32-13-10-7-2)24(5,33-14-11-8-3)25(17-26,34-20)21-15-27-23-19(4)28-18-29-30(21)23/h15,18,20,22H,6-14,16H2,1-5H3/t20-,22-,24-,25?/m1/s1. The van der Waals surface area contributed by atoms with Crippen LogP contribution < -0.4 is 0 Å². The first kappa shape index (κ1) is 26.5. The predicted molar refractivity (Wildman–Crippen MR) is 127 cm³/mol. The Kier molecular flexibility index (Phi) is 9.37. The number of hydrogen-bond donors (Lipinski definition) is 0. The minimum Gasteiger partial charge on any atom is -0.379 e. The molecule has 0 aromatic carbocycles. The number of aryl methyl sites for hydroxylation is 1. The molecule has 1 aliphatic heterocycles. The third kappa shape index (κ3) is 4.96. The highest BCUT2D eigenvalue weighted by atomic mass is 16.6. The molecule has 188 valence electrons. The zero-order valence-electron chi connectivity index (χ0n) is 21.2. The molecule has 0 amide bonds. The largest absolute Gasteiger partial charge is 0.379 e. The summed E-state index contributed by atoms with van der Waals surface area (Å²) >= 11 is 0. The van der Waals surface area contributed by atoms with Gasteiger partial charge in [0.05, 0.1) is 18.5 Å². The van der Waals surface area contributed by atoms with Gasteiger partial charge in [-0.05, 0) is 33.1 Å². The number of nitrogens with zero attached hydrogens (tertiary/aromatic N) is 5. The van der Waals surface area contributed by atoms with Gasteiger partial charge in [-0.1, -0.05) is 40.0 Å². The molecule has 3 rings (SSSR count). The lowest BCUT2D eigenvalue weighted by atomic mass is 9.79. The minimum absolute atomic E-state index is 0.317. The molecule has 34 heavy (non-hydrogen) atoms. The van der Waals surface area contributed by atoms with Crippen LogP contribution in [-0.4, -0.2) is 63.8 Å². The van der Waals surface area contributed by atoms with Gasteiger partial charge in [-0.2, -0.15) is 10.4 Å². The van der Waals surface area contributed by atoms with Crippen molar-refractivity contribution in [3.63, 3.8) is 0 Å². The summed E-state index contributed by atoms with van der Waals surface area (Å²) in [5.74, 6) is 0. The fourth-order valence-electron chi connectivity index (χ4n) is 4.44. The molecule has 9 heteroatoms. The fourth-order valence-corrected chi connectivity index (χ4v) is 4.44. The Morgan fingerprint density at radius 1 is 1.09 bits per heavy atom. The fraction of sp³-hybridized carbons (Fsp3) is 0.760. The van der Waals surface area contributed by atoms with Crippen LogP contribution in [0, 0.1) is 18.3 Å². The Morgan fingerprint density at radius 3 is 2.50 bits per heavy atom. The van der Waals surface area contributed by atoms with Crippen LogP contribution in [-0.2, 0) is 24.5 Å². The normalized spacial score (nSPS) is 26.8. The average molecular weight is 474 g/mol. The molecule has 0 saturated carbocycles. The Hall–Kier alpha value is -2.12. The molecule has 1 aliphatic rings. The van der Waals surface area contributed by atoms with Gasteiger partial charge in [-0.25, -0.2) is 14.5 Å². The van der Waals surface area contributed by atoms with Crippen molar-refractivity contribution < 1.29 is 18.9 Å². The van der Waals surface area contributed by atoms with E-state index >= 15 is 0 Å². The third-order valence-electron chi connectivity index (χ3n) is 6.53. The van der Waals surface area contributed by atoms with Crippen molar-refractivity contribution in [1.29, 1.82) is 5.26 Å². The number of aromatic nitrogens is 4. The van der Waals surface area contributed by atoms with Crippen LogP contribution in [0.5, 0.6) is 0 Å². The highest BCUT2D eigenvalue weighted by molar-refractivity contribution is 5.46. The molecule has 3 heterocycles. The molecule has 0 bridgehead atoms. The van der Waals surface area contributed by atoms with Gasteiger partial charge in [0.15, 0.2) is 5.65 Å². The first-order valence-electron chi connectivity index (χ1n) is 12.6. The van der Waals surface area contributed by atoms with E-state index in [0.717, 1.165) is 44.2 Å². The second-order valence-electron chi connectivity index (χ2n) is 9.06. The van der Waals surface area contributed by atoms with E-state index in [1.54, 1.807) is 10.7 Å². The lowest BCUT2D eigenvalue weighted by Gasteiger charge is -2.39. The molecule has 0 radical (unpaired) electrons. The van der Waals surface area contributed by atoms with Crippen LogP contribution in [0.1, 0.15) is 77.6 Å². The van der Waals surface area contributed by atoms with Gasteiger partial charge in [0.25, 0.3) is 0 Å². The highest BCUT2D eigenvalue weighted by Crippen LogP contribution is 2.50. The molecule has 0 spiro atoms. The van der Waals surface area contributed by atoms with Gasteiger partial charge in [-0.15, -0.1) is 0 Å². The molecule has 2 aromatic heterocycles. The maximum Gasteiger partial charge on any atom is 0.230 e. The van der Waals surface area contributed by atoms with Crippen LogP contribution in [0.15, 0.2) is 12.5 Å². The smallest absolute Gasteiger partial charge is 0.230 e. The molecule has 2 aromatic rings. The molecule has 0 aliphatic carbocycles. The van der Waals surface area contributed by atoms with Gasteiger partial charge in [0.2, 0.25) is 5.60 Å². The zero-order valence-corrected chi connectivity index (χ0v) is 21.2. The summed E-state index contributed by atoms with van der Waals surface area (Å²) < 4.78 is 27.1. The summed E-state index contributed by atoms with van der Waals surface area (Å²) in [4.78, 5) is 8.75. The summed E-state index contributed by atoms with van der Waals surface area (Å²) in [6.07, 6.45) is 7.90. The van der Waals surface area contributed by atoms with Crippen molar-refractivity contribution in [2.45, 2.75) is 96.6 Å². The van der Waals surface area contributed by atoms with Crippen LogP contribution in [0.4, 0.5) is 0 Å². The van der Waals surface area contributed by atoms with Crippen LogP contribution in [0.3, 0.4) is 0 Å². The average Bonchev–Trinajstić information content (AvgIpc) is 3.37. The van der Waals surface area contributed by atoms with Gasteiger partial charge in [0.1, 0.15) is 35.9 Å². The SMILES string of the molecule is CCCCOC[C@H]1OC(C#N)(c2cnc3c(C)ncnn23)[C@](C)(OCCCC)[C@@H]1OCCCC. The van der Waals surface area contributed by atoms with Crippen molar-refractivity contribution in [1.82, 2.24) is 19.6 Å². The third-order valence-corrected chi connectivity index (χ3v) is 6.53. The second-order valence-corrected chi connectivity index (χ2v) is 9.06. The number of rotatable bonds is 14. The molecule has 0 N–H and O–H groups in total. The van der Waals surface area contributed by atoms with E-state index in [2.05, 4.69) is 41.9 Å². The number of fused-ring (bicyclic) bond motifs is 1.